The first-order valence-corrected chi connectivity index (χ1v) is 9.74. The standard InChI is InChI=1S/C19H20Cl2F3N3O/c1-4-8-26(9-5-2)16-17(19(22,23)24)25-27-15(11(3)28-18(16)27)13-7-6-12(20)10-14(13)21/h6-7,10H,4-5,8-9H2,1-3H3. The van der Waals surface area contributed by atoms with Gasteiger partial charge in [-0.05, 0) is 38.0 Å². The predicted octanol–water partition coefficient (Wildman–Crippen LogP) is 6.85. The zero-order chi connectivity index (χ0) is 20.6. The third kappa shape index (κ3) is 3.70. The lowest BCUT2D eigenvalue weighted by molar-refractivity contribution is -0.140. The summed E-state index contributed by atoms with van der Waals surface area (Å²) in [6, 6.07) is 4.80. The summed E-state index contributed by atoms with van der Waals surface area (Å²) in [5.74, 6) is 0.426. The van der Waals surface area contributed by atoms with E-state index in [1.807, 2.05) is 13.8 Å². The van der Waals surface area contributed by atoms with E-state index in [1.165, 1.54) is 10.6 Å². The van der Waals surface area contributed by atoms with E-state index < -0.39 is 11.9 Å². The topological polar surface area (TPSA) is 33.7 Å². The van der Waals surface area contributed by atoms with Crippen molar-refractivity contribution in [3.63, 3.8) is 0 Å². The van der Waals surface area contributed by atoms with Crippen molar-refractivity contribution in [2.75, 3.05) is 18.0 Å². The fraction of sp³-hybridized carbons (Fsp3) is 0.421. The van der Waals surface area contributed by atoms with Gasteiger partial charge >= 0.3 is 6.18 Å². The van der Waals surface area contributed by atoms with E-state index in [0.717, 1.165) is 0 Å². The van der Waals surface area contributed by atoms with Crippen LogP contribution in [-0.4, -0.2) is 22.7 Å². The molecule has 0 fully saturated rings. The average Bonchev–Trinajstić information content (AvgIpc) is 3.10. The number of benzene rings is 1. The molecule has 0 aliphatic rings. The summed E-state index contributed by atoms with van der Waals surface area (Å²) < 4.78 is 48.3. The Labute approximate surface area is 170 Å². The lowest BCUT2D eigenvalue weighted by Gasteiger charge is -2.23. The van der Waals surface area contributed by atoms with Crippen molar-refractivity contribution in [3.8, 4) is 11.3 Å². The van der Waals surface area contributed by atoms with Crippen LogP contribution in [0.5, 0.6) is 0 Å². The Morgan fingerprint density at radius 3 is 2.32 bits per heavy atom. The third-order valence-electron chi connectivity index (χ3n) is 4.37. The molecule has 2 aromatic heterocycles. The quantitative estimate of drug-likeness (QED) is 0.425. The highest BCUT2D eigenvalue weighted by Crippen LogP contribution is 2.43. The second-order valence-corrected chi connectivity index (χ2v) is 7.37. The first kappa shape index (κ1) is 20.9. The van der Waals surface area contributed by atoms with Crippen LogP contribution in [0.2, 0.25) is 10.0 Å². The highest BCUT2D eigenvalue weighted by molar-refractivity contribution is 6.36. The zero-order valence-corrected chi connectivity index (χ0v) is 17.2. The molecule has 0 aliphatic carbocycles. The minimum absolute atomic E-state index is 0.0318. The van der Waals surface area contributed by atoms with E-state index in [9.17, 15) is 13.2 Å². The van der Waals surface area contributed by atoms with Gasteiger partial charge in [0.15, 0.2) is 5.69 Å². The number of halogens is 5. The number of oxazole rings is 1. The molecule has 0 spiro atoms. The molecule has 4 nitrogen and oxygen atoms in total. The fourth-order valence-corrected chi connectivity index (χ4v) is 3.81. The molecule has 1 aromatic carbocycles. The number of aryl methyl sites for hydroxylation is 1. The smallest absolute Gasteiger partial charge is 0.437 e. The molecule has 0 aliphatic heterocycles. The highest BCUT2D eigenvalue weighted by atomic mass is 35.5. The van der Waals surface area contributed by atoms with Gasteiger partial charge in [-0.15, -0.1) is 0 Å². The van der Waals surface area contributed by atoms with Crippen LogP contribution in [0.1, 0.15) is 38.1 Å². The lowest BCUT2D eigenvalue weighted by atomic mass is 10.1. The first-order chi connectivity index (χ1) is 13.2. The molecule has 28 heavy (non-hydrogen) atoms. The van der Waals surface area contributed by atoms with Gasteiger partial charge in [-0.3, -0.25) is 0 Å². The molecule has 0 atom stereocenters. The van der Waals surface area contributed by atoms with E-state index in [-0.39, 0.29) is 11.4 Å². The lowest BCUT2D eigenvalue weighted by Crippen LogP contribution is -2.27. The molecule has 2 heterocycles. The molecule has 9 heteroatoms. The van der Waals surface area contributed by atoms with Crippen molar-refractivity contribution in [2.45, 2.75) is 39.8 Å². The van der Waals surface area contributed by atoms with Gasteiger partial charge in [0.05, 0.1) is 5.02 Å². The number of hydrogen-bond donors (Lipinski definition) is 0. The molecule has 3 rings (SSSR count). The monoisotopic (exact) mass is 433 g/mol. The van der Waals surface area contributed by atoms with Gasteiger partial charge in [-0.1, -0.05) is 37.0 Å². The van der Waals surface area contributed by atoms with E-state index in [4.69, 9.17) is 27.6 Å². The number of aromatic nitrogens is 2. The van der Waals surface area contributed by atoms with Gasteiger partial charge in [0.1, 0.15) is 17.1 Å². The summed E-state index contributed by atoms with van der Waals surface area (Å²) >= 11 is 12.2. The van der Waals surface area contributed by atoms with Crippen molar-refractivity contribution >= 4 is 34.6 Å². The largest absolute Gasteiger partial charge is 0.439 e. The average molecular weight is 434 g/mol. The number of fused-ring (bicyclic) bond motifs is 1. The molecule has 0 bridgehead atoms. The number of rotatable bonds is 6. The van der Waals surface area contributed by atoms with Crippen molar-refractivity contribution in [1.29, 1.82) is 0 Å². The van der Waals surface area contributed by atoms with Gasteiger partial charge < -0.3 is 9.32 Å². The number of alkyl halides is 3. The summed E-state index contributed by atoms with van der Waals surface area (Å²) in [6.07, 6.45) is -3.22. The van der Waals surface area contributed by atoms with E-state index in [2.05, 4.69) is 5.10 Å². The molecule has 0 saturated carbocycles. The molecule has 0 radical (unpaired) electrons. The maximum Gasteiger partial charge on any atom is 0.437 e. The van der Waals surface area contributed by atoms with Gasteiger partial charge in [0.25, 0.3) is 0 Å². The molecule has 0 unspecified atom stereocenters. The predicted molar refractivity (Wildman–Crippen MR) is 105 cm³/mol. The molecule has 0 amide bonds. The minimum Gasteiger partial charge on any atom is -0.439 e. The summed E-state index contributed by atoms with van der Waals surface area (Å²) in [4.78, 5) is 1.68. The maximum atomic E-state index is 13.8. The van der Waals surface area contributed by atoms with Crippen molar-refractivity contribution < 1.29 is 17.6 Å². The SMILES string of the molecule is CCCN(CCC)c1c(C(F)(F)F)nn2c(-c3ccc(Cl)cc3Cl)c(C)oc12. The van der Waals surface area contributed by atoms with Crippen LogP contribution in [0.15, 0.2) is 22.6 Å². The van der Waals surface area contributed by atoms with Crippen LogP contribution in [0, 0.1) is 6.92 Å². The third-order valence-corrected chi connectivity index (χ3v) is 4.92. The normalized spacial score (nSPS) is 12.1. The van der Waals surface area contributed by atoms with Gasteiger partial charge in [-0.25, -0.2) is 0 Å². The summed E-state index contributed by atoms with van der Waals surface area (Å²) in [5.41, 5.74) is -0.0492. The zero-order valence-electron chi connectivity index (χ0n) is 15.7. The van der Waals surface area contributed by atoms with Gasteiger partial charge in [-0.2, -0.15) is 22.8 Å². The van der Waals surface area contributed by atoms with E-state index >= 15 is 0 Å². The second kappa shape index (κ2) is 7.87. The Balaban J connectivity index is 2.31. The highest BCUT2D eigenvalue weighted by Gasteiger charge is 2.41. The molecule has 3 aromatic rings. The number of nitrogens with zero attached hydrogens (tertiary/aromatic N) is 3. The Hall–Kier alpha value is -1.86. The Bertz CT molecular complexity index is 989. The van der Waals surface area contributed by atoms with Crippen LogP contribution in [-0.2, 0) is 6.18 Å². The number of hydrogen-bond acceptors (Lipinski definition) is 3. The van der Waals surface area contributed by atoms with E-state index in [0.29, 0.717) is 53.0 Å². The molecule has 0 saturated heterocycles. The fourth-order valence-electron chi connectivity index (χ4n) is 3.32. The van der Waals surface area contributed by atoms with Crippen molar-refractivity contribution in [1.82, 2.24) is 9.61 Å². The van der Waals surface area contributed by atoms with Crippen molar-refractivity contribution in [3.05, 3.63) is 39.7 Å². The Morgan fingerprint density at radius 1 is 1.14 bits per heavy atom. The first-order valence-electron chi connectivity index (χ1n) is 8.98. The number of anilines is 1. The van der Waals surface area contributed by atoms with Crippen molar-refractivity contribution in [2.24, 2.45) is 0 Å². The molecule has 152 valence electrons. The molecule has 0 N–H and O–H groups in total. The van der Waals surface area contributed by atoms with E-state index in [1.54, 1.807) is 24.0 Å². The van der Waals surface area contributed by atoms with Crippen LogP contribution >= 0.6 is 23.2 Å². The van der Waals surface area contributed by atoms with Crippen LogP contribution in [0.4, 0.5) is 18.9 Å². The van der Waals surface area contributed by atoms with Crippen LogP contribution < -0.4 is 4.90 Å². The second-order valence-electron chi connectivity index (χ2n) is 6.53. The van der Waals surface area contributed by atoms with Crippen LogP contribution in [0.3, 0.4) is 0 Å². The summed E-state index contributed by atoms with van der Waals surface area (Å²) in [7, 11) is 0. The van der Waals surface area contributed by atoms with Gasteiger partial charge in [0, 0.05) is 23.7 Å². The maximum absolute atomic E-state index is 13.8. The summed E-state index contributed by atoms with van der Waals surface area (Å²) in [5, 5.41) is 4.63. The Kier molecular flexibility index (Phi) is 5.87. The molecular weight excluding hydrogens is 414 g/mol. The van der Waals surface area contributed by atoms with Crippen LogP contribution in [0.25, 0.3) is 17.0 Å². The summed E-state index contributed by atoms with van der Waals surface area (Å²) in [6.45, 7) is 6.45. The Morgan fingerprint density at radius 2 is 1.79 bits per heavy atom. The van der Waals surface area contributed by atoms with Gasteiger partial charge in [0.2, 0.25) is 5.71 Å². The minimum atomic E-state index is -4.61. The molecular formula is C19H20Cl2F3N3O.